The molecule has 1 unspecified atom stereocenters. The lowest BCUT2D eigenvalue weighted by molar-refractivity contribution is 0.597. The molecule has 0 aliphatic heterocycles. The summed E-state index contributed by atoms with van der Waals surface area (Å²) in [6.45, 7) is 2.24. The number of aromatic amines is 1. The number of thioether (sulfide) groups is 1. The lowest BCUT2D eigenvalue weighted by Gasteiger charge is -2.10. The highest BCUT2D eigenvalue weighted by Crippen LogP contribution is 2.23. The fraction of sp³-hybridized carbons (Fsp3) is 0.462. The molecule has 92 valence electrons. The van der Waals surface area contributed by atoms with E-state index in [1.54, 1.807) is 0 Å². The van der Waals surface area contributed by atoms with E-state index in [1.807, 2.05) is 30.0 Å². The van der Waals surface area contributed by atoms with Crippen LogP contribution in [0.15, 0.2) is 29.4 Å². The van der Waals surface area contributed by atoms with Crippen molar-refractivity contribution in [3.63, 3.8) is 0 Å². The van der Waals surface area contributed by atoms with Crippen LogP contribution in [0.5, 0.6) is 0 Å². The zero-order valence-corrected chi connectivity index (χ0v) is 12.4. The Hall–Kier alpha value is -0.480. The molecular weight excluding hydrogens is 296 g/mol. The molecular formula is C13H17BrN2S. The lowest BCUT2D eigenvalue weighted by Crippen LogP contribution is -2.04. The smallest absolute Gasteiger partial charge is 0.166 e. The first-order chi connectivity index (χ1) is 8.33. The van der Waals surface area contributed by atoms with Crippen LogP contribution in [0.3, 0.4) is 0 Å². The van der Waals surface area contributed by atoms with Crippen LogP contribution in [-0.4, -0.2) is 21.1 Å². The molecule has 0 spiro atoms. The van der Waals surface area contributed by atoms with E-state index in [1.165, 1.54) is 12.8 Å². The fourth-order valence-corrected chi connectivity index (χ4v) is 3.69. The van der Waals surface area contributed by atoms with Crippen molar-refractivity contribution < 1.29 is 0 Å². The molecule has 1 N–H and O–H groups in total. The Bertz CT molecular complexity index is 436. The minimum atomic E-state index is 0.734. The molecule has 1 heterocycles. The zero-order valence-electron chi connectivity index (χ0n) is 9.95. The molecule has 0 aliphatic rings. The fourth-order valence-electron chi connectivity index (χ4n) is 1.81. The molecule has 17 heavy (non-hydrogen) atoms. The van der Waals surface area contributed by atoms with Crippen LogP contribution >= 0.6 is 27.7 Å². The van der Waals surface area contributed by atoms with E-state index in [0.717, 1.165) is 33.2 Å². The number of aromatic nitrogens is 2. The maximum absolute atomic E-state index is 4.57. The number of imidazole rings is 1. The van der Waals surface area contributed by atoms with E-state index < -0.39 is 0 Å². The summed E-state index contributed by atoms with van der Waals surface area (Å²) in [7, 11) is 0. The highest BCUT2D eigenvalue weighted by atomic mass is 79.9. The molecule has 0 saturated carbocycles. The maximum Gasteiger partial charge on any atom is 0.166 e. The van der Waals surface area contributed by atoms with Gasteiger partial charge in [-0.15, -0.1) is 0 Å². The van der Waals surface area contributed by atoms with Gasteiger partial charge in [0.05, 0.1) is 11.0 Å². The van der Waals surface area contributed by atoms with E-state index in [9.17, 15) is 0 Å². The number of nitrogens with zero attached hydrogens (tertiary/aromatic N) is 1. The van der Waals surface area contributed by atoms with Gasteiger partial charge in [-0.2, -0.15) is 0 Å². The summed E-state index contributed by atoms with van der Waals surface area (Å²) in [5.74, 6) is 1.86. The number of H-pyrrole nitrogens is 1. The Morgan fingerprint density at radius 2 is 2.24 bits per heavy atom. The summed E-state index contributed by atoms with van der Waals surface area (Å²) in [4.78, 5) is 7.92. The highest BCUT2D eigenvalue weighted by molar-refractivity contribution is 9.09. The van der Waals surface area contributed by atoms with Gasteiger partial charge in [-0.3, -0.25) is 0 Å². The van der Waals surface area contributed by atoms with Crippen LogP contribution in [0.2, 0.25) is 0 Å². The standard InChI is InChI=1S/C13H17BrN2S/c1-2-5-10(8-14)9-17-13-15-11-6-3-4-7-12(11)16-13/h3-4,6-7,10H,2,5,8-9H2,1H3,(H,15,16). The van der Waals surface area contributed by atoms with E-state index in [0.29, 0.717) is 0 Å². The van der Waals surface area contributed by atoms with Crippen molar-refractivity contribution in [3.05, 3.63) is 24.3 Å². The number of hydrogen-bond donors (Lipinski definition) is 1. The van der Waals surface area contributed by atoms with Crippen molar-refractivity contribution in [1.82, 2.24) is 9.97 Å². The molecule has 0 aliphatic carbocycles. The largest absolute Gasteiger partial charge is 0.333 e. The molecule has 0 amide bonds. The van der Waals surface area contributed by atoms with Crippen LogP contribution < -0.4 is 0 Å². The van der Waals surface area contributed by atoms with Gasteiger partial charge >= 0.3 is 0 Å². The van der Waals surface area contributed by atoms with Gasteiger partial charge in [-0.05, 0) is 24.5 Å². The number of fused-ring (bicyclic) bond motifs is 1. The van der Waals surface area contributed by atoms with Crippen molar-refractivity contribution in [3.8, 4) is 0 Å². The molecule has 2 aromatic rings. The molecule has 0 fully saturated rings. The second-order valence-corrected chi connectivity index (χ2v) is 5.84. The number of alkyl halides is 1. The average molecular weight is 313 g/mol. The normalized spacial score (nSPS) is 13.1. The molecule has 0 bridgehead atoms. The third-order valence-electron chi connectivity index (χ3n) is 2.74. The van der Waals surface area contributed by atoms with Crippen LogP contribution in [0.4, 0.5) is 0 Å². The first kappa shape index (κ1) is 13.0. The van der Waals surface area contributed by atoms with Crippen LogP contribution in [0, 0.1) is 5.92 Å². The van der Waals surface area contributed by atoms with Gasteiger partial charge in [-0.1, -0.05) is 53.2 Å². The number of rotatable bonds is 6. The SMILES string of the molecule is CCCC(CBr)CSc1nc2ccccc2[nH]1. The van der Waals surface area contributed by atoms with Gasteiger partial charge in [0.25, 0.3) is 0 Å². The van der Waals surface area contributed by atoms with E-state index >= 15 is 0 Å². The van der Waals surface area contributed by atoms with Gasteiger partial charge < -0.3 is 4.98 Å². The number of nitrogens with one attached hydrogen (secondary N) is 1. The first-order valence-corrected chi connectivity index (χ1v) is 8.07. The molecule has 4 heteroatoms. The van der Waals surface area contributed by atoms with Crippen LogP contribution in [0.25, 0.3) is 11.0 Å². The predicted octanol–water partition coefficient (Wildman–Crippen LogP) is 4.47. The number of halogens is 1. The Kier molecular flexibility index (Phi) is 4.92. The van der Waals surface area contributed by atoms with Gasteiger partial charge in [0.15, 0.2) is 5.16 Å². The van der Waals surface area contributed by atoms with E-state index in [2.05, 4.69) is 38.9 Å². The van der Waals surface area contributed by atoms with Crippen molar-refractivity contribution in [1.29, 1.82) is 0 Å². The molecule has 0 radical (unpaired) electrons. The Labute approximate surface area is 115 Å². The van der Waals surface area contributed by atoms with Gasteiger partial charge in [0, 0.05) is 11.1 Å². The second-order valence-electron chi connectivity index (χ2n) is 4.18. The minimum absolute atomic E-state index is 0.734. The Morgan fingerprint density at radius 3 is 2.94 bits per heavy atom. The topological polar surface area (TPSA) is 28.7 Å². The average Bonchev–Trinajstić information content (AvgIpc) is 2.77. The summed E-state index contributed by atoms with van der Waals surface area (Å²) in [6, 6.07) is 8.17. The maximum atomic E-state index is 4.57. The number of hydrogen-bond acceptors (Lipinski definition) is 2. The molecule has 1 aromatic heterocycles. The molecule has 2 nitrogen and oxygen atoms in total. The van der Waals surface area contributed by atoms with Gasteiger partial charge in [0.2, 0.25) is 0 Å². The predicted molar refractivity (Wildman–Crippen MR) is 79.0 cm³/mol. The number of benzene rings is 1. The summed E-state index contributed by atoms with van der Waals surface area (Å²) in [5.41, 5.74) is 2.18. The van der Waals surface area contributed by atoms with E-state index in [-0.39, 0.29) is 0 Å². The minimum Gasteiger partial charge on any atom is -0.333 e. The first-order valence-electron chi connectivity index (χ1n) is 5.97. The molecule has 1 aromatic carbocycles. The number of para-hydroxylation sites is 2. The van der Waals surface area contributed by atoms with Crippen molar-refractivity contribution in [2.45, 2.75) is 24.9 Å². The summed E-state index contributed by atoms with van der Waals surface area (Å²) < 4.78 is 0. The summed E-state index contributed by atoms with van der Waals surface area (Å²) in [5, 5.41) is 2.11. The molecule has 1 atom stereocenters. The molecule has 2 rings (SSSR count). The molecule has 0 saturated heterocycles. The van der Waals surface area contributed by atoms with Crippen LogP contribution in [0.1, 0.15) is 19.8 Å². The summed E-state index contributed by atoms with van der Waals surface area (Å²) in [6.07, 6.45) is 2.52. The third-order valence-corrected chi connectivity index (χ3v) is 4.76. The van der Waals surface area contributed by atoms with Gasteiger partial charge in [-0.25, -0.2) is 4.98 Å². The quantitative estimate of drug-likeness (QED) is 0.630. The van der Waals surface area contributed by atoms with E-state index in [4.69, 9.17) is 0 Å². The summed E-state index contributed by atoms with van der Waals surface area (Å²) >= 11 is 5.40. The Morgan fingerprint density at radius 1 is 1.41 bits per heavy atom. The van der Waals surface area contributed by atoms with Crippen molar-refractivity contribution >= 4 is 38.7 Å². The van der Waals surface area contributed by atoms with Crippen molar-refractivity contribution in [2.75, 3.05) is 11.1 Å². The van der Waals surface area contributed by atoms with Crippen molar-refractivity contribution in [2.24, 2.45) is 5.92 Å². The zero-order chi connectivity index (χ0) is 12.1. The van der Waals surface area contributed by atoms with Crippen LogP contribution in [-0.2, 0) is 0 Å². The third kappa shape index (κ3) is 3.49. The lowest BCUT2D eigenvalue weighted by atomic mass is 10.1. The van der Waals surface area contributed by atoms with Gasteiger partial charge in [0.1, 0.15) is 0 Å². The second kappa shape index (κ2) is 6.45. The Balaban J connectivity index is 1.98. The highest BCUT2D eigenvalue weighted by Gasteiger charge is 2.09. The monoisotopic (exact) mass is 312 g/mol.